The average Bonchev–Trinajstić information content (AvgIpc) is 2.74. The molecule has 1 aliphatic heterocycles. The molecule has 3 aromatic rings. The third-order valence-corrected chi connectivity index (χ3v) is 4.80. The molecular weight excluding hydrogens is 384 g/mol. The van der Waals surface area contributed by atoms with Gasteiger partial charge in [0.25, 0.3) is 0 Å². The van der Waals surface area contributed by atoms with Crippen molar-refractivity contribution in [1.82, 2.24) is 0 Å². The highest BCUT2D eigenvalue weighted by atomic mass is 16.5. The summed E-state index contributed by atoms with van der Waals surface area (Å²) >= 11 is 0. The van der Waals surface area contributed by atoms with E-state index in [-0.39, 0.29) is 30.2 Å². The third-order valence-electron chi connectivity index (χ3n) is 4.80. The number of hydrazone groups is 1. The Kier molecular flexibility index (Phi) is 5.43. The highest BCUT2D eigenvalue weighted by Crippen LogP contribution is 2.25. The fourth-order valence-electron chi connectivity index (χ4n) is 3.39. The molecular formula is C23H20N2O5. The van der Waals surface area contributed by atoms with E-state index in [0.29, 0.717) is 11.3 Å². The number of amides is 1. The zero-order valence-electron chi connectivity index (χ0n) is 16.5. The van der Waals surface area contributed by atoms with Crippen LogP contribution in [0.5, 0.6) is 5.75 Å². The van der Waals surface area contributed by atoms with Gasteiger partial charge in [0.15, 0.2) is 0 Å². The summed E-state index contributed by atoms with van der Waals surface area (Å²) in [7, 11) is 0. The number of carbonyl (C=O) groups is 2. The minimum atomic E-state index is -0.644. The van der Waals surface area contributed by atoms with Crippen LogP contribution in [0, 0.1) is 0 Å². The molecule has 1 aliphatic rings. The van der Waals surface area contributed by atoms with Gasteiger partial charge in [-0.2, -0.15) is 5.10 Å². The second-order valence-electron chi connectivity index (χ2n) is 6.98. The molecule has 1 aromatic heterocycles. The molecule has 0 radical (unpaired) electrons. The van der Waals surface area contributed by atoms with E-state index in [2.05, 4.69) is 5.10 Å². The maximum Gasteiger partial charge on any atom is 0.359 e. The number of para-hydroxylation sites is 1. The Hall–Kier alpha value is -3.74. The van der Waals surface area contributed by atoms with E-state index in [1.807, 2.05) is 13.0 Å². The molecule has 152 valence electrons. The number of anilines is 1. The summed E-state index contributed by atoms with van der Waals surface area (Å²) in [5.41, 5.74) is 1.56. The minimum Gasteiger partial charge on any atom is -0.423 e. The first-order valence-corrected chi connectivity index (χ1v) is 9.79. The van der Waals surface area contributed by atoms with Crippen LogP contribution in [-0.4, -0.2) is 17.6 Å². The van der Waals surface area contributed by atoms with E-state index < -0.39 is 11.6 Å². The number of ether oxygens (including phenoxy) is 1. The first kappa shape index (κ1) is 19.6. The van der Waals surface area contributed by atoms with Crippen LogP contribution < -0.4 is 15.4 Å². The molecule has 30 heavy (non-hydrogen) atoms. The summed E-state index contributed by atoms with van der Waals surface area (Å²) in [5.74, 6) is -0.585. The standard InChI is InChI=1S/C23H20N2O5/c1-2-6-15-13-22(27)30-20-14-17(9-10-18(15)20)29-23(28)19-11-12-21(26)25(24-19)16-7-4-3-5-8-16/h3-5,7-10,13-14H,2,6,11-12H2,1H3. The Balaban J connectivity index is 1.59. The van der Waals surface area contributed by atoms with Crippen molar-refractivity contribution >= 4 is 34.2 Å². The maximum atomic E-state index is 12.6. The van der Waals surface area contributed by atoms with Crippen molar-refractivity contribution in [3.63, 3.8) is 0 Å². The molecule has 2 heterocycles. The van der Waals surface area contributed by atoms with Crippen LogP contribution in [0.4, 0.5) is 5.69 Å². The number of esters is 1. The van der Waals surface area contributed by atoms with Crippen molar-refractivity contribution in [3.8, 4) is 5.75 Å². The fourth-order valence-corrected chi connectivity index (χ4v) is 3.39. The molecule has 0 spiro atoms. The van der Waals surface area contributed by atoms with Gasteiger partial charge in [0.05, 0.1) is 5.69 Å². The molecule has 0 unspecified atom stereocenters. The second-order valence-corrected chi connectivity index (χ2v) is 6.98. The van der Waals surface area contributed by atoms with E-state index in [4.69, 9.17) is 9.15 Å². The average molecular weight is 404 g/mol. The Labute approximate surface area is 172 Å². The molecule has 0 saturated heterocycles. The van der Waals surface area contributed by atoms with E-state index in [1.165, 1.54) is 17.1 Å². The largest absolute Gasteiger partial charge is 0.423 e. The lowest BCUT2D eigenvalue weighted by atomic mass is 10.1. The Morgan fingerprint density at radius 3 is 2.67 bits per heavy atom. The summed E-state index contributed by atoms with van der Waals surface area (Å²) in [6.45, 7) is 2.03. The number of hydrogen-bond donors (Lipinski definition) is 0. The van der Waals surface area contributed by atoms with Crippen molar-refractivity contribution < 1.29 is 18.7 Å². The highest BCUT2D eigenvalue weighted by molar-refractivity contribution is 6.38. The Bertz CT molecular complexity index is 1200. The van der Waals surface area contributed by atoms with Crippen molar-refractivity contribution in [2.45, 2.75) is 32.6 Å². The van der Waals surface area contributed by atoms with Crippen LogP contribution in [0.15, 0.2) is 68.9 Å². The van der Waals surface area contributed by atoms with Gasteiger partial charge in [-0.15, -0.1) is 0 Å². The number of nitrogens with zero attached hydrogens (tertiary/aromatic N) is 2. The molecule has 7 nitrogen and oxygen atoms in total. The van der Waals surface area contributed by atoms with Gasteiger partial charge in [-0.25, -0.2) is 14.6 Å². The van der Waals surface area contributed by atoms with Crippen LogP contribution in [0.25, 0.3) is 11.0 Å². The number of fused-ring (bicyclic) bond motifs is 1. The first-order chi connectivity index (χ1) is 14.5. The predicted molar refractivity (Wildman–Crippen MR) is 113 cm³/mol. The predicted octanol–water partition coefficient (Wildman–Crippen LogP) is 3.83. The Morgan fingerprint density at radius 1 is 1.10 bits per heavy atom. The molecule has 0 fully saturated rings. The third kappa shape index (κ3) is 4.00. The van der Waals surface area contributed by atoms with Crippen molar-refractivity contribution in [2.75, 3.05) is 5.01 Å². The van der Waals surface area contributed by atoms with Crippen LogP contribution in [-0.2, 0) is 16.0 Å². The van der Waals surface area contributed by atoms with Crippen LogP contribution in [0.2, 0.25) is 0 Å². The smallest absolute Gasteiger partial charge is 0.359 e. The molecule has 7 heteroatoms. The molecule has 0 aliphatic carbocycles. The number of rotatable bonds is 5. The summed E-state index contributed by atoms with van der Waals surface area (Å²) in [4.78, 5) is 36.7. The van der Waals surface area contributed by atoms with Crippen LogP contribution >= 0.6 is 0 Å². The van der Waals surface area contributed by atoms with Gasteiger partial charge in [0, 0.05) is 30.4 Å². The van der Waals surface area contributed by atoms with Crippen molar-refractivity contribution in [2.24, 2.45) is 5.10 Å². The maximum absolute atomic E-state index is 12.6. The minimum absolute atomic E-state index is 0.153. The molecule has 0 atom stereocenters. The lowest BCUT2D eigenvalue weighted by Crippen LogP contribution is -2.35. The van der Waals surface area contributed by atoms with Gasteiger partial charge in [-0.3, -0.25) is 4.79 Å². The Morgan fingerprint density at radius 2 is 1.90 bits per heavy atom. The highest BCUT2D eigenvalue weighted by Gasteiger charge is 2.26. The summed E-state index contributed by atoms with van der Waals surface area (Å²) in [6, 6.07) is 15.4. The zero-order chi connectivity index (χ0) is 21.1. The van der Waals surface area contributed by atoms with Gasteiger partial charge in [-0.05, 0) is 36.2 Å². The SMILES string of the molecule is CCCc1cc(=O)oc2cc(OC(=O)C3=NN(c4ccccc4)C(=O)CC3)ccc12. The topological polar surface area (TPSA) is 89.2 Å². The van der Waals surface area contributed by atoms with Gasteiger partial charge in [-0.1, -0.05) is 31.5 Å². The summed E-state index contributed by atoms with van der Waals surface area (Å²) < 4.78 is 10.7. The number of benzene rings is 2. The molecule has 0 bridgehead atoms. The quantitative estimate of drug-likeness (QED) is 0.366. The van der Waals surface area contributed by atoms with E-state index >= 15 is 0 Å². The van der Waals surface area contributed by atoms with Gasteiger partial charge in [0.2, 0.25) is 5.91 Å². The molecule has 0 N–H and O–H groups in total. The lowest BCUT2D eigenvalue weighted by molar-refractivity contribution is -0.127. The molecule has 2 aromatic carbocycles. The van der Waals surface area contributed by atoms with E-state index in [9.17, 15) is 14.4 Å². The molecule has 1 amide bonds. The normalized spacial score (nSPS) is 14.0. The fraction of sp³-hybridized carbons (Fsp3) is 0.217. The van der Waals surface area contributed by atoms with Gasteiger partial charge >= 0.3 is 11.6 Å². The van der Waals surface area contributed by atoms with Gasteiger partial charge < -0.3 is 9.15 Å². The van der Waals surface area contributed by atoms with Crippen molar-refractivity contribution in [3.05, 3.63) is 70.6 Å². The monoisotopic (exact) mass is 404 g/mol. The second kappa shape index (κ2) is 8.32. The van der Waals surface area contributed by atoms with Crippen LogP contribution in [0.3, 0.4) is 0 Å². The van der Waals surface area contributed by atoms with Gasteiger partial charge in [0.1, 0.15) is 17.0 Å². The van der Waals surface area contributed by atoms with E-state index in [1.54, 1.807) is 36.4 Å². The summed E-state index contributed by atoms with van der Waals surface area (Å²) in [6.07, 6.45) is 2.01. The zero-order valence-corrected chi connectivity index (χ0v) is 16.5. The number of hydrogen-bond acceptors (Lipinski definition) is 6. The lowest BCUT2D eigenvalue weighted by Gasteiger charge is -2.22. The summed E-state index contributed by atoms with van der Waals surface area (Å²) in [5, 5.41) is 6.23. The van der Waals surface area contributed by atoms with Crippen molar-refractivity contribution in [1.29, 1.82) is 0 Å². The molecule has 0 saturated carbocycles. The first-order valence-electron chi connectivity index (χ1n) is 9.79. The molecule has 4 rings (SSSR count). The van der Waals surface area contributed by atoms with E-state index in [0.717, 1.165) is 23.8 Å². The van der Waals surface area contributed by atoms with Crippen LogP contribution in [0.1, 0.15) is 31.7 Å². The number of carbonyl (C=O) groups excluding carboxylic acids is 2. The number of aryl methyl sites for hydroxylation is 1.